The van der Waals surface area contributed by atoms with Gasteiger partial charge in [0.25, 0.3) is 0 Å². The summed E-state index contributed by atoms with van der Waals surface area (Å²) in [5.74, 6) is 0.558. The number of rotatable bonds is 5. The molecule has 0 aliphatic heterocycles. The van der Waals surface area contributed by atoms with E-state index < -0.39 is 11.2 Å². The average molecular weight is 265 g/mol. The van der Waals surface area contributed by atoms with Gasteiger partial charge in [0.1, 0.15) is 5.25 Å². The van der Waals surface area contributed by atoms with Crippen LogP contribution in [0, 0.1) is 5.92 Å². The molecule has 6 heteroatoms. The minimum Gasteiger partial charge on any atom is -0.480 e. The molecule has 0 fully saturated rings. The quantitative estimate of drug-likeness (QED) is 0.896. The van der Waals surface area contributed by atoms with Crippen molar-refractivity contribution in [2.24, 2.45) is 5.92 Å². The largest absolute Gasteiger partial charge is 0.480 e. The number of imidazole rings is 1. The Morgan fingerprint density at radius 3 is 2.94 bits per heavy atom. The van der Waals surface area contributed by atoms with Crippen LogP contribution in [0.3, 0.4) is 0 Å². The summed E-state index contributed by atoms with van der Waals surface area (Å²) < 4.78 is 1.83. The van der Waals surface area contributed by atoms with Crippen molar-refractivity contribution in [3.8, 4) is 0 Å². The van der Waals surface area contributed by atoms with Gasteiger partial charge in [-0.1, -0.05) is 13.8 Å². The predicted molar refractivity (Wildman–Crippen MR) is 70.5 cm³/mol. The molecule has 1 atom stereocenters. The predicted octanol–water partition coefficient (Wildman–Crippen LogP) is 2.07. The fraction of sp³-hybridized carbons (Fsp3) is 0.417. The lowest BCUT2D eigenvalue weighted by Gasteiger charge is -2.14. The first kappa shape index (κ1) is 12.9. The first-order chi connectivity index (χ1) is 8.58. The molecule has 1 N–H and O–H groups in total. The molecule has 0 bridgehead atoms. The van der Waals surface area contributed by atoms with Gasteiger partial charge in [0.2, 0.25) is 5.78 Å². The second-order valence-corrected chi connectivity index (χ2v) is 5.50. The van der Waals surface area contributed by atoms with Crippen molar-refractivity contribution in [2.45, 2.75) is 24.9 Å². The molecule has 2 aromatic rings. The number of carboxylic acid groups (broad SMARTS) is 1. The fourth-order valence-corrected chi connectivity index (χ4v) is 2.69. The molecule has 5 nitrogen and oxygen atoms in total. The maximum atomic E-state index is 11.1. The number of nitrogens with zero attached hydrogens (tertiary/aromatic N) is 3. The van der Waals surface area contributed by atoms with E-state index in [1.54, 1.807) is 6.20 Å². The number of carbonyl (C=O) groups is 1. The Labute approximate surface area is 109 Å². The summed E-state index contributed by atoms with van der Waals surface area (Å²) in [6, 6.07) is 1.83. The second kappa shape index (κ2) is 5.39. The normalized spacial score (nSPS) is 13.1. The minimum absolute atomic E-state index is 0.0997. The van der Waals surface area contributed by atoms with Crippen molar-refractivity contribution < 1.29 is 9.90 Å². The molecule has 96 valence electrons. The molecule has 0 aliphatic carbocycles. The van der Waals surface area contributed by atoms with E-state index in [-0.39, 0.29) is 5.92 Å². The molecule has 2 rings (SSSR count). The van der Waals surface area contributed by atoms with Gasteiger partial charge in [0, 0.05) is 24.3 Å². The molecule has 1 unspecified atom stereocenters. The molecule has 0 aliphatic rings. The van der Waals surface area contributed by atoms with Gasteiger partial charge in [0.05, 0.1) is 5.69 Å². The lowest BCUT2D eigenvalue weighted by molar-refractivity contribution is -0.137. The topological polar surface area (TPSA) is 67.5 Å². The summed E-state index contributed by atoms with van der Waals surface area (Å²) in [6.07, 6.45) is 5.45. The van der Waals surface area contributed by atoms with E-state index in [1.807, 2.05) is 36.7 Å². The Bertz CT molecular complexity index is 520. The first-order valence-corrected chi connectivity index (χ1v) is 6.76. The number of hydrogen-bond acceptors (Lipinski definition) is 4. The van der Waals surface area contributed by atoms with Crippen LogP contribution in [0.2, 0.25) is 0 Å². The van der Waals surface area contributed by atoms with Gasteiger partial charge in [-0.25, -0.2) is 9.97 Å². The fourth-order valence-electron chi connectivity index (χ4n) is 1.67. The second-order valence-electron chi connectivity index (χ2n) is 4.37. The zero-order valence-electron chi connectivity index (χ0n) is 10.3. The van der Waals surface area contributed by atoms with Crippen LogP contribution in [0.4, 0.5) is 0 Å². The molecule has 0 aromatic carbocycles. The zero-order chi connectivity index (χ0) is 13.1. The molecule has 2 aromatic heterocycles. The maximum absolute atomic E-state index is 11.1. The van der Waals surface area contributed by atoms with Crippen LogP contribution in [-0.4, -0.2) is 30.7 Å². The summed E-state index contributed by atoms with van der Waals surface area (Å²) in [5, 5.41) is 8.70. The van der Waals surface area contributed by atoms with E-state index in [2.05, 4.69) is 9.97 Å². The van der Waals surface area contributed by atoms with Gasteiger partial charge in [0.15, 0.2) is 0 Å². The molecule has 0 spiro atoms. The van der Waals surface area contributed by atoms with E-state index >= 15 is 0 Å². The number of fused-ring (bicyclic) bond motifs is 1. The Morgan fingerprint density at radius 2 is 2.33 bits per heavy atom. The molecule has 0 saturated carbocycles. The Balaban J connectivity index is 2.07. The zero-order valence-corrected chi connectivity index (χ0v) is 11.1. The van der Waals surface area contributed by atoms with E-state index in [0.29, 0.717) is 11.5 Å². The van der Waals surface area contributed by atoms with Crippen molar-refractivity contribution in [1.29, 1.82) is 0 Å². The first-order valence-electron chi connectivity index (χ1n) is 5.71. The molecule has 0 radical (unpaired) electrons. The van der Waals surface area contributed by atoms with Crippen LogP contribution in [0.1, 0.15) is 19.5 Å². The lowest BCUT2D eigenvalue weighted by atomic mass is 10.1. The third-order valence-electron chi connectivity index (χ3n) is 2.55. The monoisotopic (exact) mass is 265 g/mol. The van der Waals surface area contributed by atoms with Crippen LogP contribution < -0.4 is 0 Å². The summed E-state index contributed by atoms with van der Waals surface area (Å²) in [4.78, 5) is 19.5. The van der Waals surface area contributed by atoms with Crippen LogP contribution in [0.5, 0.6) is 0 Å². The van der Waals surface area contributed by atoms with Gasteiger partial charge in [-0.2, -0.15) is 0 Å². The van der Waals surface area contributed by atoms with Gasteiger partial charge in [-0.3, -0.25) is 9.20 Å². The molecule has 0 saturated heterocycles. The summed E-state index contributed by atoms with van der Waals surface area (Å²) in [7, 11) is 0. The van der Waals surface area contributed by atoms with Crippen LogP contribution in [0.25, 0.3) is 5.78 Å². The van der Waals surface area contributed by atoms with E-state index in [1.165, 1.54) is 11.8 Å². The number of hydrogen-bond donors (Lipinski definition) is 1. The third-order valence-corrected chi connectivity index (χ3v) is 4.11. The Hall–Kier alpha value is -1.56. The van der Waals surface area contributed by atoms with Crippen molar-refractivity contribution >= 4 is 23.5 Å². The van der Waals surface area contributed by atoms with Crippen LogP contribution >= 0.6 is 11.8 Å². The highest BCUT2D eigenvalue weighted by atomic mass is 32.2. The van der Waals surface area contributed by atoms with Crippen molar-refractivity contribution in [1.82, 2.24) is 14.4 Å². The van der Waals surface area contributed by atoms with E-state index in [9.17, 15) is 4.79 Å². The third kappa shape index (κ3) is 2.81. The van der Waals surface area contributed by atoms with Crippen LogP contribution in [-0.2, 0) is 10.5 Å². The molecular formula is C12H15N3O2S. The number of aromatic nitrogens is 3. The molecule has 2 heterocycles. The highest BCUT2D eigenvalue weighted by molar-refractivity contribution is 7.99. The van der Waals surface area contributed by atoms with Crippen molar-refractivity contribution in [2.75, 3.05) is 0 Å². The number of aliphatic carboxylic acids is 1. The lowest BCUT2D eigenvalue weighted by Crippen LogP contribution is -2.22. The molecule has 0 amide bonds. The van der Waals surface area contributed by atoms with Crippen LogP contribution in [0.15, 0.2) is 24.7 Å². The average Bonchev–Trinajstić information content (AvgIpc) is 2.70. The highest BCUT2D eigenvalue weighted by Crippen LogP contribution is 2.23. The van der Waals surface area contributed by atoms with Gasteiger partial charge in [-0.05, 0) is 12.0 Å². The summed E-state index contributed by atoms with van der Waals surface area (Å²) in [5.41, 5.74) is 0.852. The standard InChI is InChI=1S/C12H15N3O2S/c1-8(2)10(11(16)17)18-7-9-6-15-5-3-4-13-12(15)14-9/h3-6,8,10H,7H2,1-2H3,(H,16,17). The maximum Gasteiger partial charge on any atom is 0.316 e. The summed E-state index contributed by atoms with van der Waals surface area (Å²) in [6.45, 7) is 3.83. The van der Waals surface area contributed by atoms with Gasteiger partial charge >= 0.3 is 5.97 Å². The summed E-state index contributed by atoms with van der Waals surface area (Å²) >= 11 is 1.40. The number of thioether (sulfide) groups is 1. The molecule has 18 heavy (non-hydrogen) atoms. The van der Waals surface area contributed by atoms with Gasteiger partial charge in [-0.15, -0.1) is 11.8 Å². The highest BCUT2D eigenvalue weighted by Gasteiger charge is 2.22. The van der Waals surface area contributed by atoms with Crippen molar-refractivity contribution in [3.63, 3.8) is 0 Å². The number of carboxylic acids is 1. The Kier molecular flexibility index (Phi) is 3.86. The van der Waals surface area contributed by atoms with Crippen molar-refractivity contribution in [3.05, 3.63) is 30.4 Å². The minimum atomic E-state index is -0.767. The Morgan fingerprint density at radius 1 is 1.56 bits per heavy atom. The van der Waals surface area contributed by atoms with E-state index in [0.717, 1.165) is 5.69 Å². The molecular weight excluding hydrogens is 250 g/mol. The smallest absolute Gasteiger partial charge is 0.316 e. The van der Waals surface area contributed by atoms with E-state index in [4.69, 9.17) is 5.11 Å². The van der Waals surface area contributed by atoms with Gasteiger partial charge < -0.3 is 5.11 Å². The SMILES string of the molecule is CC(C)C(SCc1cn2cccnc2n1)C(=O)O.